The minimum atomic E-state index is -3.91. The van der Waals surface area contributed by atoms with Gasteiger partial charge in [0.15, 0.2) is 4.80 Å². The molecule has 0 spiro atoms. The molecule has 0 radical (unpaired) electrons. The SMILES string of the molecule is CCOC(=O)Cn1c(=NC(=O)c2cc(C)no2)sc2cc(S(N)(=O)=O)ccc21. The van der Waals surface area contributed by atoms with E-state index in [1.165, 1.54) is 28.8 Å². The van der Waals surface area contributed by atoms with Gasteiger partial charge in [0.2, 0.25) is 15.8 Å². The minimum Gasteiger partial charge on any atom is -0.465 e. The number of sulfonamides is 1. The Morgan fingerprint density at radius 1 is 1.36 bits per heavy atom. The van der Waals surface area contributed by atoms with E-state index in [1.54, 1.807) is 13.8 Å². The van der Waals surface area contributed by atoms with Crippen LogP contribution in [0.3, 0.4) is 0 Å². The summed E-state index contributed by atoms with van der Waals surface area (Å²) in [6.07, 6.45) is 0. The number of amides is 1. The van der Waals surface area contributed by atoms with Gasteiger partial charge in [-0.2, -0.15) is 4.99 Å². The van der Waals surface area contributed by atoms with E-state index in [0.29, 0.717) is 15.9 Å². The molecule has 0 aliphatic rings. The fraction of sp³-hybridized carbons (Fsp3) is 0.250. The lowest BCUT2D eigenvalue weighted by atomic mass is 10.3. The van der Waals surface area contributed by atoms with Gasteiger partial charge in [-0.05, 0) is 32.0 Å². The van der Waals surface area contributed by atoms with Gasteiger partial charge in [0.25, 0.3) is 0 Å². The van der Waals surface area contributed by atoms with Crippen molar-refractivity contribution in [3.05, 3.63) is 40.5 Å². The monoisotopic (exact) mass is 424 g/mol. The highest BCUT2D eigenvalue weighted by Gasteiger charge is 2.17. The van der Waals surface area contributed by atoms with Crippen LogP contribution < -0.4 is 9.94 Å². The van der Waals surface area contributed by atoms with Crippen LogP contribution >= 0.6 is 11.3 Å². The van der Waals surface area contributed by atoms with Gasteiger partial charge in [-0.3, -0.25) is 9.59 Å². The maximum atomic E-state index is 12.4. The zero-order valence-electron chi connectivity index (χ0n) is 14.9. The van der Waals surface area contributed by atoms with Gasteiger partial charge in [0.1, 0.15) is 6.54 Å². The molecule has 1 aromatic carbocycles. The number of rotatable bonds is 5. The lowest BCUT2D eigenvalue weighted by Crippen LogP contribution is -2.23. The normalized spacial score (nSPS) is 12.5. The highest BCUT2D eigenvalue weighted by molar-refractivity contribution is 7.89. The van der Waals surface area contributed by atoms with Crippen LogP contribution in [0.2, 0.25) is 0 Å². The first-order valence-electron chi connectivity index (χ1n) is 8.03. The highest BCUT2D eigenvalue weighted by atomic mass is 32.2. The van der Waals surface area contributed by atoms with Crippen LogP contribution in [0.15, 0.2) is 38.7 Å². The number of hydrogen-bond acceptors (Lipinski definition) is 8. The predicted molar refractivity (Wildman–Crippen MR) is 99.0 cm³/mol. The van der Waals surface area contributed by atoms with Crippen LogP contribution in [0.5, 0.6) is 0 Å². The van der Waals surface area contributed by atoms with Gasteiger partial charge in [-0.15, -0.1) is 0 Å². The number of aryl methyl sites for hydroxylation is 1. The van der Waals surface area contributed by atoms with Gasteiger partial charge < -0.3 is 13.8 Å². The topological polar surface area (TPSA) is 147 Å². The summed E-state index contributed by atoms with van der Waals surface area (Å²) in [6.45, 7) is 3.33. The van der Waals surface area contributed by atoms with E-state index in [4.69, 9.17) is 14.4 Å². The molecule has 2 aromatic heterocycles. The van der Waals surface area contributed by atoms with E-state index in [1.807, 2.05) is 0 Å². The summed E-state index contributed by atoms with van der Waals surface area (Å²) in [4.78, 5) is 28.4. The minimum absolute atomic E-state index is 0.0529. The molecule has 12 heteroatoms. The molecule has 0 aliphatic carbocycles. The van der Waals surface area contributed by atoms with Crippen molar-refractivity contribution in [1.82, 2.24) is 9.72 Å². The van der Waals surface area contributed by atoms with Crippen LogP contribution in [0, 0.1) is 6.92 Å². The van der Waals surface area contributed by atoms with Gasteiger partial charge >= 0.3 is 11.9 Å². The Hall–Kier alpha value is -2.83. The van der Waals surface area contributed by atoms with Crippen molar-refractivity contribution in [3.63, 3.8) is 0 Å². The summed E-state index contributed by atoms with van der Waals surface area (Å²) in [5.74, 6) is -1.26. The Kier molecular flexibility index (Phi) is 5.45. The zero-order chi connectivity index (χ0) is 20.5. The fourth-order valence-corrected chi connectivity index (χ4v) is 4.09. The molecular formula is C16H16N4O6S2. The molecule has 0 unspecified atom stereocenters. The Morgan fingerprint density at radius 3 is 2.71 bits per heavy atom. The van der Waals surface area contributed by atoms with E-state index in [9.17, 15) is 18.0 Å². The van der Waals surface area contributed by atoms with Crippen molar-refractivity contribution in [2.75, 3.05) is 6.61 Å². The van der Waals surface area contributed by atoms with Crippen LogP contribution in [0.4, 0.5) is 0 Å². The zero-order valence-corrected chi connectivity index (χ0v) is 16.5. The number of nitrogens with zero attached hydrogens (tertiary/aromatic N) is 3. The smallest absolute Gasteiger partial charge is 0.326 e. The molecule has 148 valence electrons. The van der Waals surface area contributed by atoms with Crippen molar-refractivity contribution < 1.29 is 27.3 Å². The summed E-state index contributed by atoms with van der Waals surface area (Å²) >= 11 is 1.03. The summed E-state index contributed by atoms with van der Waals surface area (Å²) < 4.78 is 35.0. The lowest BCUT2D eigenvalue weighted by molar-refractivity contribution is -0.143. The third kappa shape index (κ3) is 4.18. The van der Waals surface area contributed by atoms with Crippen molar-refractivity contribution >= 4 is 43.5 Å². The number of primary sulfonamides is 1. The Morgan fingerprint density at radius 2 is 2.11 bits per heavy atom. The number of nitrogens with two attached hydrogens (primary N) is 1. The number of ether oxygens (including phenoxy) is 1. The number of fused-ring (bicyclic) bond motifs is 1. The third-order valence-electron chi connectivity index (χ3n) is 3.61. The Balaban J connectivity index is 2.16. The van der Waals surface area contributed by atoms with Crippen molar-refractivity contribution in [2.24, 2.45) is 10.1 Å². The number of carbonyl (C=O) groups excluding carboxylic acids is 2. The maximum Gasteiger partial charge on any atom is 0.326 e. The van der Waals surface area contributed by atoms with Gasteiger partial charge in [-0.1, -0.05) is 16.5 Å². The second-order valence-electron chi connectivity index (χ2n) is 5.70. The van der Waals surface area contributed by atoms with Crippen LogP contribution in [0.25, 0.3) is 10.2 Å². The van der Waals surface area contributed by atoms with E-state index in [0.717, 1.165) is 11.3 Å². The van der Waals surface area contributed by atoms with E-state index in [-0.39, 0.29) is 28.6 Å². The molecule has 2 N–H and O–H groups in total. The quantitative estimate of drug-likeness (QED) is 0.600. The summed E-state index contributed by atoms with van der Waals surface area (Å²) in [5.41, 5.74) is 1.03. The molecular weight excluding hydrogens is 408 g/mol. The molecule has 0 fully saturated rings. The molecule has 0 bridgehead atoms. The molecule has 0 saturated heterocycles. The molecule has 28 heavy (non-hydrogen) atoms. The van der Waals surface area contributed by atoms with Gasteiger partial charge in [0.05, 0.1) is 27.4 Å². The maximum absolute atomic E-state index is 12.4. The van der Waals surface area contributed by atoms with Gasteiger partial charge in [0, 0.05) is 6.07 Å². The van der Waals surface area contributed by atoms with E-state index in [2.05, 4.69) is 10.1 Å². The Bertz CT molecular complexity index is 1240. The molecule has 1 amide bonds. The molecule has 3 rings (SSSR count). The number of hydrogen-bond donors (Lipinski definition) is 1. The molecule has 2 heterocycles. The molecule has 10 nitrogen and oxygen atoms in total. The number of carbonyl (C=O) groups is 2. The highest BCUT2D eigenvalue weighted by Crippen LogP contribution is 2.21. The van der Waals surface area contributed by atoms with E-state index >= 15 is 0 Å². The molecule has 3 aromatic rings. The van der Waals surface area contributed by atoms with Crippen molar-refractivity contribution in [1.29, 1.82) is 0 Å². The van der Waals surface area contributed by atoms with E-state index < -0.39 is 21.9 Å². The fourth-order valence-electron chi connectivity index (χ4n) is 2.41. The standard InChI is InChI=1S/C16H16N4O6S2/c1-3-25-14(21)8-20-11-5-4-10(28(17,23)24)7-13(11)27-16(20)18-15(22)12-6-9(2)19-26-12/h4-7H,3,8H2,1-2H3,(H2,17,23,24). The third-order valence-corrected chi connectivity index (χ3v) is 5.56. The molecule has 0 atom stereocenters. The second kappa shape index (κ2) is 7.66. The summed E-state index contributed by atoms with van der Waals surface area (Å²) in [6, 6.07) is 5.61. The number of esters is 1. The largest absolute Gasteiger partial charge is 0.465 e. The first-order valence-corrected chi connectivity index (χ1v) is 10.4. The first-order chi connectivity index (χ1) is 13.2. The van der Waals surface area contributed by atoms with Crippen LogP contribution in [0.1, 0.15) is 23.2 Å². The summed E-state index contributed by atoms with van der Waals surface area (Å²) in [5, 5.41) is 8.81. The predicted octanol–water partition coefficient (Wildman–Crippen LogP) is 0.951. The van der Waals surface area contributed by atoms with Crippen molar-refractivity contribution in [2.45, 2.75) is 25.3 Å². The Labute approximate surface area is 163 Å². The molecule has 0 saturated carbocycles. The van der Waals surface area contributed by atoms with Crippen LogP contribution in [-0.4, -0.2) is 36.6 Å². The number of thiazole rings is 1. The van der Waals surface area contributed by atoms with Gasteiger partial charge in [-0.25, -0.2) is 13.6 Å². The number of aromatic nitrogens is 2. The van der Waals surface area contributed by atoms with Crippen molar-refractivity contribution in [3.8, 4) is 0 Å². The second-order valence-corrected chi connectivity index (χ2v) is 8.27. The van der Waals surface area contributed by atoms with Crippen LogP contribution in [-0.2, 0) is 26.1 Å². The average Bonchev–Trinajstić information content (AvgIpc) is 3.18. The lowest BCUT2D eigenvalue weighted by Gasteiger charge is -2.05. The molecule has 0 aliphatic heterocycles. The summed E-state index contributed by atoms with van der Waals surface area (Å²) in [7, 11) is -3.91. The average molecular weight is 424 g/mol. The number of benzene rings is 1. The first kappa shape index (κ1) is 19.9.